The third-order valence-electron chi connectivity index (χ3n) is 4.07. The predicted molar refractivity (Wildman–Crippen MR) is 120 cm³/mol. The molecule has 0 atom stereocenters. The zero-order valence-corrected chi connectivity index (χ0v) is 17.5. The molecule has 0 saturated carbocycles. The van der Waals surface area contributed by atoms with E-state index < -0.39 is 0 Å². The van der Waals surface area contributed by atoms with Crippen LogP contribution < -0.4 is 10.6 Å². The molecule has 0 spiro atoms. The molecular formula is C21H25IN4. The van der Waals surface area contributed by atoms with Crippen LogP contribution >= 0.6 is 24.0 Å². The lowest BCUT2D eigenvalue weighted by atomic mass is 10.1. The maximum atomic E-state index is 4.69. The number of rotatable bonds is 5. The molecule has 136 valence electrons. The van der Waals surface area contributed by atoms with Gasteiger partial charge in [0.1, 0.15) is 0 Å². The van der Waals surface area contributed by atoms with Crippen LogP contribution in [0.4, 0.5) is 0 Å². The fourth-order valence-electron chi connectivity index (χ4n) is 2.69. The molecule has 4 nitrogen and oxygen atoms in total. The normalized spacial score (nSPS) is 11.1. The second-order valence-corrected chi connectivity index (χ2v) is 6.02. The van der Waals surface area contributed by atoms with Crippen LogP contribution in [0, 0.1) is 6.92 Å². The number of pyridine rings is 1. The molecule has 0 fully saturated rings. The Bertz CT molecular complexity index is 854. The first kappa shape index (κ1) is 20.2. The molecule has 2 aromatic carbocycles. The lowest BCUT2D eigenvalue weighted by Gasteiger charge is -2.12. The molecule has 0 unspecified atom stereocenters. The van der Waals surface area contributed by atoms with Gasteiger partial charge in [-0.2, -0.15) is 0 Å². The number of nitrogens with zero attached hydrogens (tertiary/aromatic N) is 2. The standard InChI is InChI=1S/C21H24N4.HI/c1-3-22-21(24-14-17-10-8-16(2)9-11-17)25-15-18-12-13-23-20-7-5-4-6-19(18)20;/h4-13H,3,14-15H2,1-2H3,(H2,22,24,25);1H. The first-order valence-electron chi connectivity index (χ1n) is 8.66. The van der Waals surface area contributed by atoms with E-state index in [1.165, 1.54) is 22.1 Å². The number of fused-ring (bicyclic) bond motifs is 1. The number of hydrogen-bond donors (Lipinski definition) is 2. The van der Waals surface area contributed by atoms with Gasteiger partial charge in [0.2, 0.25) is 0 Å². The Labute approximate surface area is 172 Å². The Balaban J connectivity index is 0.00000243. The summed E-state index contributed by atoms with van der Waals surface area (Å²) in [6, 6.07) is 18.7. The summed E-state index contributed by atoms with van der Waals surface area (Å²) in [5.41, 5.74) is 4.70. The number of para-hydroxylation sites is 1. The molecule has 0 saturated heterocycles. The molecule has 0 aliphatic heterocycles. The summed E-state index contributed by atoms with van der Waals surface area (Å²) >= 11 is 0. The maximum Gasteiger partial charge on any atom is 0.191 e. The number of benzene rings is 2. The number of aliphatic imine (C=N–C) groups is 1. The van der Waals surface area contributed by atoms with E-state index >= 15 is 0 Å². The van der Waals surface area contributed by atoms with Crippen LogP contribution in [0.3, 0.4) is 0 Å². The van der Waals surface area contributed by atoms with Gasteiger partial charge < -0.3 is 10.6 Å². The van der Waals surface area contributed by atoms with Crippen LogP contribution in [0.2, 0.25) is 0 Å². The van der Waals surface area contributed by atoms with Crippen LogP contribution in [-0.4, -0.2) is 17.5 Å². The summed E-state index contributed by atoms with van der Waals surface area (Å²) in [7, 11) is 0. The molecule has 5 heteroatoms. The monoisotopic (exact) mass is 460 g/mol. The minimum absolute atomic E-state index is 0. The highest BCUT2D eigenvalue weighted by Crippen LogP contribution is 2.15. The van der Waals surface area contributed by atoms with Gasteiger partial charge in [-0.15, -0.1) is 24.0 Å². The molecule has 2 N–H and O–H groups in total. The molecule has 3 rings (SSSR count). The summed E-state index contributed by atoms with van der Waals surface area (Å²) in [5.74, 6) is 0.823. The molecule has 1 heterocycles. The van der Waals surface area contributed by atoms with Crippen molar-refractivity contribution in [2.75, 3.05) is 6.54 Å². The van der Waals surface area contributed by atoms with E-state index in [1.54, 1.807) is 0 Å². The minimum Gasteiger partial charge on any atom is -0.357 e. The smallest absolute Gasteiger partial charge is 0.191 e. The zero-order valence-electron chi connectivity index (χ0n) is 15.2. The van der Waals surface area contributed by atoms with Crippen LogP contribution in [0.1, 0.15) is 23.6 Å². The van der Waals surface area contributed by atoms with E-state index in [4.69, 9.17) is 0 Å². The van der Waals surface area contributed by atoms with Crippen molar-refractivity contribution < 1.29 is 0 Å². The Morgan fingerprint density at radius 3 is 2.54 bits per heavy atom. The van der Waals surface area contributed by atoms with Crippen molar-refractivity contribution in [1.29, 1.82) is 0 Å². The van der Waals surface area contributed by atoms with Gasteiger partial charge in [-0.1, -0.05) is 48.0 Å². The molecule has 0 amide bonds. The van der Waals surface area contributed by atoms with Crippen molar-refractivity contribution in [3.8, 4) is 0 Å². The Morgan fingerprint density at radius 1 is 1.00 bits per heavy atom. The minimum atomic E-state index is 0. The van der Waals surface area contributed by atoms with Gasteiger partial charge in [0.05, 0.1) is 12.1 Å². The van der Waals surface area contributed by atoms with Gasteiger partial charge in [0.15, 0.2) is 5.96 Å². The third-order valence-corrected chi connectivity index (χ3v) is 4.07. The average molecular weight is 460 g/mol. The molecule has 1 aromatic heterocycles. The van der Waals surface area contributed by atoms with Crippen LogP contribution in [0.15, 0.2) is 65.8 Å². The van der Waals surface area contributed by atoms with Crippen molar-refractivity contribution in [3.05, 3.63) is 77.5 Å². The second kappa shape index (κ2) is 10.1. The summed E-state index contributed by atoms with van der Waals surface area (Å²) in [4.78, 5) is 9.10. The number of aromatic nitrogens is 1. The second-order valence-electron chi connectivity index (χ2n) is 6.02. The maximum absolute atomic E-state index is 4.69. The van der Waals surface area contributed by atoms with E-state index in [2.05, 4.69) is 70.9 Å². The molecule has 3 aromatic rings. The summed E-state index contributed by atoms with van der Waals surface area (Å²) < 4.78 is 0. The van der Waals surface area contributed by atoms with Gasteiger partial charge in [0.25, 0.3) is 0 Å². The Hall–Kier alpha value is -2.15. The van der Waals surface area contributed by atoms with Crippen molar-refractivity contribution in [3.63, 3.8) is 0 Å². The first-order chi connectivity index (χ1) is 12.3. The van der Waals surface area contributed by atoms with Gasteiger partial charge in [-0.25, -0.2) is 4.99 Å². The fourth-order valence-corrected chi connectivity index (χ4v) is 2.69. The largest absolute Gasteiger partial charge is 0.357 e. The highest BCUT2D eigenvalue weighted by Gasteiger charge is 2.03. The first-order valence-corrected chi connectivity index (χ1v) is 8.66. The van der Waals surface area contributed by atoms with Crippen molar-refractivity contribution in [2.45, 2.75) is 26.9 Å². The highest BCUT2D eigenvalue weighted by molar-refractivity contribution is 14.0. The zero-order chi connectivity index (χ0) is 17.5. The third kappa shape index (κ3) is 5.42. The summed E-state index contributed by atoms with van der Waals surface area (Å²) in [5, 5.41) is 7.90. The molecular weight excluding hydrogens is 435 g/mol. The van der Waals surface area contributed by atoms with E-state index in [-0.39, 0.29) is 24.0 Å². The number of nitrogens with one attached hydrogen (secondary N) is 2. The van der Waals surface area contributed by atoms with Crippen molar-refractivity contribution >= 4 is 40.8 Å². The number of aryl methyl sites for hydroxylation is 1. The van der Waals surface area contributed by atoms with Crippen molar-refractivity contribution in [2.24, 2.45) is 4.99 Å². The van der Waals surface area contributed by atoms with Gasteiger partial charge in [0, 0.05) is 24.7 Å². The Kier molecular flexibility index (Phi) is 7.84. The van der Waals surface area contributed by atoms with Crippen LogP contribution in [-0.2, 0) is 13.1 Å². The number of halogens is 1. The van der Waals surface area contributed by atoms with E-state index in [0.717, 1.165) is 18.0 Å². The summed E-state index contributed by atoms with van der Waals surface area (Å²) in [6.07, 6.45) is 1.86. The molecule has 0 radical (unpaired) electrons. The number of hydrogen-bond acceptors (Lipinski definition) is 2. The molecule has 0 aliphatic rings. The SMILES string of the molecule is CCNC(=NCc1ccc(C)cc1)NCc1ccnc2ccccc12.I. The van der Waals surface area contributed by atoms with Crippen LogP contribution in [0.5, 0.6) is 0 Å². The van der Waals surface area contributed by atoms with Gasteiger partial charge in [-0.05, 0) is 37.1 Å². The van der Waals surface area contributed by atoms with E-state index in [9.17, 15) is 0 Å². The molecule has 0 bridgehead atoms. The Morgan fingerprint density at radius 2 is 1.77 bits per heavy atom. The van der Waals surface area contributed by atoms with E-state index in [0.29, 0.717) is 13.1 Å². The average Bonchev–Trinajstić information content (AvgIpc) is 2.65. The van der Waals surface area contributed by atoms with Gasteiger partial charge >= 0.3 is 0 Å². The fraction of sp³-hybridized carbons (Fsp3) is 0.238. The molecule has 26 heavy (non-hydrogen) atoms. The predicted octanol–water partition coefficient (Wildman–Crippen LogP) is 4.42. The number of guanidine groups is 1. The summed E-state index contributed by atoms with van der Waals surface area (Å²) in [6.45, 7) is 6.37. The molecule has 0 aliphatic carbocycles. The van der Waals surface area contributed by atoms with Crippen LogP contribution in [0.25, 0.3) is 10.9 Å². The lowest BCUT2D eigenvalue weighted by Crippen LogP contribution is -2.36. The van der Waals surface area contributed by atoms with Gasteiger partial charge in [-0.3, -0.25) is 4.98 Å². The van der Waals surface area contributed by atoms with E-state index in [1.807, 2.05) is 24.4 Å². The lowest BCUT2D eigenvalue weighted by molar-refractivity contribution is 0.818. The quantitative estimate of drug-likeness (QED) is 0.337. The van der Waals surface area contributed by atoms with Crippen molar-refractivity contribution in [1.82, 2.24) is 15.6 Å². The topological polar surface area (TPSA) is 49.3 Å². The highest BCUT2D eigenvalue weighted by atomic mass is 127.